The maximum absolute atomic E-state index is 13.5. The van der Waals surface area contributed by atoms with Crippen molar-refractivity contribution in [3.8, 4) is 5.69 Å². The summed E-state index contributed by atoms with van der Waals surface area (Å²) < 4.78 is 32.6. The number of aromatic nitrogens is 7. The number of fused-ring (bicyclic) bond motifs is 1. The third-order valence-electron chi connectivity index (χ3n) is 8.13. The lowest BCUT2D eigenvalue weighted by atomic mass is 9.73. The van der Waals surface area contributed by atoms with Crippen molar-refractivity contribution in [2.75, 3.05) is 13.1 Å². The second-order valence-electron chi connectivity index (χ2n) is 10.9. The van der Waals surface area contributed by atoms with Gasteiger partial charge >= 0.3 is 0 Å². The van der Waals surface area contributed by atoms with E-state index >= 15 is 0 Å². The Morgan fingerprint density at radius 3 is 2.59 bits per heavy atom. The topological polar surface area (TPSA) is 104 Å². The van der Waals surface area contributed by atoms with Gasteiger partial charge in [0.2, 0.25) is 5.03 Å². The quantitative estimate of drug-likeness (QED) is 0.312. The molecule has 0 radical (unpaired) electrons. The van der Waals surface area contributed by atoms with Gasteiger partial charge in [-0.25, -0.2) is 13.1 Å². The zero-order valence-corrected chi connectivity index (χ0v) is 22.8. The van der Waals surface area contributed by atoms with Crippen LogP contribution >= 0.6 is 0 Å². The second kappa shape index (κ2) is 8.85. The van der Waals surface area contributed by atoms with Crippen molar-refractivity contribution in [1.29, 1.82) is 0 Å². The van der Waals surface area contributed by atoms with Crippen LogP contribution in [0.2, 0.25) is 0 Å². The summed E-state index contributed by atoms with van der Waals surface area (Å²) in [6.45, 7) is 2.91. The molecule has 1 saturated carbocycles. The van der Waals surface area contributed by atoms with E-state index in [1.807, 2.05) is 40.0 Å². The number of hydrogen-bond acceptors (Lipinski definition) is 6. The molecule has 3 aromatic heterocycles. The first-order valence-corrected chi connectivity index (χ1v) is 14.7. The Labute approximate surface area is 226 Å². The number of benzene rings is 2. The third kappa shape index (κ3) is 4.16. The first kappa shape index (κ1) is 24.2. The molecule has 1 atom stereocenters. The number of aryl methyl sites for hydroxylation is 2. The monoisotopic (exact) mass is 542 g/mol. The van der Waals surface area contributed by atoms with Crippen LogP contribution < -0.4 is 0 Å². The van der Waals surface area contributed by atoms with Crippen LogP contribution in [0.5, 0.6) is 0 Å². The fourth-order valence-corrected chi connectivity index (χ4v) is 7.41. The van der Waals surface area contributed by atoms with Crippen LogP contribution in [0.15, 0.2) is 72.3 Å². The molecule has 2 aliphatic rings. The maximum atomic E-state index is 13.5. The number of rotatable bonds is 7. The first-order chi connectivity index (χ1) is 18.8. The van der Waals surface area contributed by atoms with E-state index in [1.165, 1.54) is 29.4 Å². The Hall–Kier alpha value is -3.83. The molecule has 7 rings (SSSR count). The highest BCUT2D eigenvalue weighted by Crippen LogP contribution is 2.42. The number of sulfonamides is 1. The molecule has 2 aromatic carbocycles. The summed E-state index contributed by atoms with van der Waals surface area (Å²) in [4.78, 5) is 1.28. The molecule has 4 heterocycles. The molecule has 39 heavy (non-hydrogen) atoms. The van der Waals surface area contributed by atoms with Crippen molar-refractivity contribution in [2.45, 2.75) is 49.1 Å². The molecule has 0 bridgehead atoms. The molecule has 1 saturated heterocycles. The molecule has 1 aliphatic carbocycles. The zero-order valence-electron chi connectivity index (χ0n) is 22.0. The average Bonchev–Trinajstić information content (AvgIpc) is 3.29. The van der Waals surface area contributed by atoms with E-state index in [9.17, 15) is 8.42 Å². The fraction of sp³-hybridized carbons (Fsp3) is 0.357. The summed E-state index contributed by atoms with van der Waals surface area (Å²) in [7, 11) is -2.14. The van der Waals surface area contributed by atoms with E-state index in [0.717, 1.165) is 34.1 Å². The van der Waals surface area contributed by atoms with E-state index in [4.69, 9.17) is 5.10 Å². The molecule has 1 aliphatic heterocycles. The van der Waals surface area contributed by atoms with Crippen LogP contribution in [0, 0.1) is 6.92 Å². The van der Waals surface area contributed by atoms with Crippen LogP contribution in [0.4, 0.5) is 0 Å². The maximum Gasteiger partial charge on any atom is 0.264 e. The Bertz CT molecular complexity index is 1780. The summed E-state index contributed by atoms with van der Waals surface area (Å²) in [5.41, 5.74) is 5.03. The van der Waals surface area contributed by atoms with Gasteiger partial charge in [0, 0.05) is 30.9 Å². The molecule has 10 nitrogen and oxygen atoms in total. The lowest BCUT2D eigenvalue weighted by molar-refractivity contribution is 0.412. The van der Waals surface area contributed by atoms with Gasteiger partial charge in [0.05, 0.1) is 36.3 Å². The lowest BCUT2D eigenvalue weighted by Gasteiger charge is -2.32. The molecular formula is C28H30N8O2S. The van der Waals surface area contributed by atoms with Crippen molar-refractivity contribution in [3.63, 3.8) is 0 Å². The molecule has 1 unspecified atom stereocenters. The highest BCUT2D eigenvalue weighted by Gasteiger charge is 2.45. The Kier molecular flexibility index (Phi) is 5.50. The molecule has 2 fully saturated rings. The van der Waals surface area contributed by atoms with Gasteiger partial charge in [0.15, 0.2) is 0 Å². The smallest absolute Gasteiger partial charge is 0.264 e. The van der Waals surface area contributed by atoms with E-state index in [-0.39, 0.29) is 5.03 Å². The van der Waals surface area contributed by atoms with E-state index in [1.54, 1.807) is 11.4 Å². The molecular weight excluding hydrogens is 512 g/mol. The van der Waals surface area contributed by atoms with Crippen LogP contribution in [0.1, 0.15) is 42.0 Å². The van der Waals surface area contributed by atoms with E-state index < -0.39 is 15.4 Å². The van der Waals surface area contributed by atoms with E-state index in [0.29, 0.717) is 25.6 Å². The third-order valence-corrected chi connectivity index (χ3v) is 9.83. The van der Waals surface area contributed by atoms with Gasteiger partial charge in [-0.15, -0.1) is 5.10 Å². The molecule has 200 valence electrons. The first-order valence-electron chi connectivity index (χ1n) is 13.3. The summed E-state index contributed by atoms with van der Waals surface area (Å²) in [6, 6.07) is 15.2. The van der Waals surface area contributed by atoms with Crippen LogP contribution in [0.3, 0.4) is 0 Å². The van der Waals surface area contributed by atoms with Crippen molar-refractivity contribution in [2.24, 2.45) is 7.05 Å². The van der Waals surface area contributed by atoms with Crippen LogP contribution in [-0.4, -0.2) is 60.4 Å². The van der Waals surface area contributed by atoms with Crippen molar-refractivity contribution in [3.05, 3.63) is 83.9 Å². The largest absolute Gasteiger partial charge is 0.267 e. The molecule has 5 aromatic rings. The summed E-state index contributed by atoms with van der Waals surface area (Å²) in [5, 5.41) is 18.4. The SMILES string of the molecule is Cc1cc2c(cnn2-c2cnn(C3CC3)c2)cc1C1(Cc2ccccc2)CCN(S(=O)(=O)c2cnn(C)n2)C1. The van der Waals surface area contributed by atoms with Gasteiger partial charge in [-0.1, -0.05) is 30.3 Å². The summed E-state index contributed by atoms with van der Waals surface area (Å²) in [6.07, 6.45) is 10.9. The van der Waals surface area contributed by atoms with Gasteiger partial charge in [-0.3, -0.25) is 4.68 Å². The fourth-order valence-electron chi connectivity index (χ4n) is 5.99. The molecule has 0 amide bonds. The minimum Gasteiger partial charge on any atom is -0.267 e. The normalized spacial score (nSPS) is 20.3. The van der Waals surface area contributed by atoms with E-state index in [2.05, 4.69) is 52.7 Å². The lowest BCUT2D eigenvalue weighted by Crippen LogP contribution is -2.36. The van der Waals surface area contributed by atoms with Crippen molar-refractivity contribution in [1.82, 2.24) is 38.9 Å². The number of hydrogen-bond donors (Lipinski definition) is 0. The summed E-state index contributed by atoms with van der Waals surface area (Å²) >= 11 is 0. The molecule has 0 spiro atoms. The minimum atomic E-state index is -3.76. The summed E-state index contributed by atoms with van der Waals surface area (Å²) in [5.74, 6) is 0. The van der Waals surface area contributed by atoms with Crippen LogP contribution in [-0.2, 0) is 28.9 Å². The number of nitrogens with zero attached hydrogens (tertiary/aromatic N) is 8. The Balaban J connectivity index is 1.29. The second-order valence-corrected chi connectivity index (χ2v) is 12.8. The van der Waals surface area contributed by atoms with Gasteiger partial charge in [-0.2, -0.15) is 24.4 Å². The highest BCUT2D eigenvalue weighted by molar-refractivity contribution is 7.89. The van der Waals surface area contributed by atoms with Gasteiger partial charge in [0.25, 0.3) is 10.0 Å². The van der Waals surface area contributed by atoms with Crippen LogP contribution in [0.25, 0.3) is 16.6 Å². The Morgan fingerprint density at radius 2 is 1.85 bits per heavy atom. The van der Waals surface area contributed by atoms with Crippen molar-refractivity contribution >= 4 is 20.9 Å². The standard InChI is InChI=1S/C28H30N8O2S/c1-20-12-26-22(15-31-36(26)24-16-30-35(18-24)23-8-9-23)13-25(20)28(14-21-6-4-3-5-7-21)10-11-34(19-28)39(37,38)27-17-29-33(2)32-27/h3-7,12-13,15-18,23H,8-11,14,19H2,1-2H3. The van der Waals surface area contributed by atoms with Crippen molar-refractivity contribution < 1.29 is 8.42 Å². The molecule has 11 heteroatoms. The molecule has 0 N–H and O–H groups in total. The minimum absolute atomic E-state index is 0.0132. The highest BCUT2D eigenvalue weighted by atomic mass is 32.2. The Morgan fingerprint density at radius 1 is 1.03 bits per heavy atom. The van der Waals surface area contributed by atoms with Gasteiger partial charge < -0.3 is 0 Å². The predicted octanol–water partition coefficient (Wildman–Crippen LogP) is 3.57. The van der Waals surface area contributed by atoms with Gasteiger partial charge in [-0.05, 0) is 61.4 Å². The predicted molar refractivity (Wildman–Crippen MR) is 146 cm³/mol. The average molecular weight is 543 g/mol. The van der Waals surface area contributed by atoms with Gasteiger partial charge in [0.1, 0.15) is 5.69 Å². The zero-order chi connectivity index (χ0) is 26.8.